The first kappa shape index (κ1) is 15.1. The molecule has 1 amide bonds. The maximum absolute atomic E-state index is 12.1. The van der Waals surface area contributed by atoms with E-state index in [-0.39, 0.29) is 5.91 Å². The van der Waals surface area contributed by atoms with E-state index in [1.54, 1.807) is 28.0 Å². The number of nitrogens with zero attached hydrogens (tertiary/aromatic N) is 4. The Bertz CT molecular complexity index is 594. The third kappa shape index (κ3) is 3.61. The van der Waals surface area contributed by atoms with Crippen LogP contribution in [-0.2, 0) is 13.1 Å². The van der Waals surface area contributed by atoms with E-state index in [1.807, 2.05) is 6.92 Å². The van der Waals surface area contributed by atoms with Crippen molar-refractivity contribution in [2.75, 3.05) is 6.54 Å². The summed E-state index contributed by atoms with van der Waals surface area (Å²) in [7, 11) is 0. The van der Waals surface area contributed by atoms with Crippen LogP contribution < -0.4 is 5.32 Å². The molecule has 8 heteroatoms. The van der Waals surface area contributed by atoms with E-state index in [1.165, 1.54) is 0 Å². The number of aromatic nitrogens is 4. The second-order valence-corrected chi connectivity index (χ2v) is 5.48. The highest BCUT2D eigenvalue weighted by atomic mass is 79.9. The summed E-state index contributed by atoms with van der Waals surface area (Å²) < 4.78 is 4.11. The molecular weight excluding hydrogens is 346 g/mol. The first-order chi connectivity index (χ1) is 9.61. The van der Waals surface area contributed by atoms with Gasteiger partial charge in [0.1, 0.15) is 5.69 Å². The van der Waals surface area contributed by atoms with Crippen LogP contribution in [0.3, 0.4) is 0 Å². The molecule has 108 valence electrons. The molecule has 2 rings (SSSR count). The molecule has 2 aromatic heterocycles. The summed E-state index contributed by atoms with van der Waals surface area (Å²) in [5.74, 6) is -0.130. The second-order valence-electron chi connectivity index (χ2n) is 4.19. The predicted octanol–water partition coefficient (Wildman–Crippen LogP) is 2.34. The number of hydrogen-bond donors (Lipinski definition) is 1. The molecule has 2 heterocycles. The Morgan fingerprint density at radius 3 is 2.90 bits per heavy atom. The van der Waals surface area contributed by atoms with Crippen LogP contribution in [-0.4, -0.2) is 32.0 Å². The lowest BCUT2D eigenvalue weighted by molar-refractivity contribution is 0.0941. The van der Waals surface area contributed by atoms with E-state index in [9.17, 15) is 4.79 Å². The molecule has 2 aromatic rings. The fourth-order valence-electron chi connectivity index (χ4n) is 1.82. The maximum atomic E-state index is 12.1. The zero-order valence-electron chi connectivity index (χ0n) is 11.0. The predicted molar refractivity (Wildman–Crippen MR) is 79.8 cm³/mol. The second kappa shape index (κ2) is 6.90. The average molecular weight is 361 g/mol. The van der Waals surface area contributed by atoms with Crippen LogP contribution in [0.4, 0.5) is 0 Å². The molecule has 0 radical (unpaired) electrons. The topological polar surface area (TPSA) is 64.7 Å². The SMILES string of the molecule is CCn1ncc(Br)c1C(=O)NCCCn1cc(Cl)cn1. The van der Waals surface area contributed by atoms with Gasteiger partial charge in [-0.2, -0.15) is 10.2 Å². The molecule has 20 heavy (non-hydrogen) atoms. The first-order valence-electron chi connectivity index (χ1n) is 6.29. The molecule has 0 unspecified atom stereocenters. The van der Waals surface area contributed by atoms with Gasteiger partial charge in [-0.3, -0.25) is 14.2 Å². The summed E-state index contributed by atoms with van der Waals surface area (Å²) in [4.78, 5) is 12.1. The van der Waals surface area contributed by atoms with Gasteiger partial charge in [0.2, 0.25) is 0 Å². The Morgan fingerprint density at radius 1 is 1.45 bits per heavy atom. The minimum atomic E-state index is -0.130. The molecule has 1 N–H and O–H groups in total. The van der Waals surface area contributed by atoms with Gasteiger partial charge >= 0.3 is 0 Å². The van der Waals surface area contributed by atoms with Crippen molar-refractivity contribution in [2.24, 2.45) is 0 Å². The van der Waals surface area contributed by atoms with E-state index in [0.29, 0.717) is 34.8 Å². The standard InChI is InChI=1S/C12H15BrClN5O/c1-2-19-11(10(13)7-17-19)12(20)15-4-3-5-18-8-9(14)6-16-18/h6-8H,2-5H2,1H3,(H,15,20). The third-order valence-electron chi connectivity index (χ3n) is 2.76. The van der Waals surface area contributed by atoms with Gasteiger partial charge in [0.25, 0.3) is 5.91 Å². The lowest BCUT2D eigenvalue weighted by Crippen LogP contribution is -2.28. The van der Waals surface area contributed by atoms with E-state index >= 15 is 0 Å². The van der Waals surface area contributed by atoms with Crippen molar-refractivity contribution in [1.82, 2.24) is 24.9 Å². The Morgan fingerprint density at radius 2 is 2.25 bits per heavy atom. The van der Waals surface area contributed by atoms with Crippen molar-refractivity contribution in [3.05, 3.63) is 33.8 Å². The van der Waals surface area contributed by atoms with Crippen molar-refractivity contribution < 1.29 is 4.79 Å². The highest BCUT2D eigenvalue weighted by Gasteiger charge is 2.15. The minimum absolute atomic E-state index is 0.130. The van der Waals surface area contributed by atoms with E-state index in [4.69, 9.17) is 11.6 Å². The number of carbonyl (C=O) groups is 1. The maximum Gasteiger partial charge on any atom is 0.270 e. The Balaban J connectivity index is 1.82. The zero-order chi connectivity index (χ0) is 14.5. The van der Waals surface area contributed by atoms with E-state index in [2.05, 4.69) is 31.4 Å². The van der Waals surface area contributed by atoms with Crippen LogP contribution >= 0.6 is 27.5 Å². The Labute approximate surface area is 130 Å². The fraction of sp³-hybridized carbons (Fsp3) is 0.417. The van der Waals surface area contributed by atoms with Gasteiger partial charge < -0.3 is 5.32 Å². The lowest BCUT2D eigenvalue weighted by Gasteiger charge is -2.07. The first-order valence-corrected chi connectivity index (χ1v) is 7.46. The van der Waals surface area contributed by atoms with Crippen molar-refractivity contribution in [3.63, 3.8) is 0 Å². The highest BCUT2D eigenvalue weighted by Crippen LogP contribution is 2.15. The highest BCUT2D eigenvalue weighted by molar-refractivity contribution is 9.10. The van der Waals surface area contributed by atoms with Crippen molar-refractivity contribution >= 4 is 33.4 Å². The van der Waals surface area contributed by atoms with Gasteiger partial charge in [0.05, 0.1) is 21.9 Å². The number of amides is 1. The van der Waals surface area contributed by atoms with Gasteiger partial charge in [-0.25, -0.2) is 0 Å². The van der Waals surface area contributed by atoms with Gasteiger partial charge in [-0.1, -0.05) is 11.6 Å². The molecule has 0 aromatic carbocycles. The number of nitrogens with one attached hydrogen (secondary N) is 1. The van der Waals surface area contributed by atoms with Crippen LogP contribution in [0.25, 0.3) is 0 Å². The van der Waals surface area contributed by atoms with Crippen molar-refractivity contribution in [1.29, 1.82) is 0 Å². The number of carbonyl (C=O) groups excluding carboxylic acids is 1. The smallest absolute Gasteiger partial charge is 0.270 e. The third-order valence-corrected chi connectivity index (χ3v) is 3.54. The minimum Gasteiger partial charge on any atom is -0.351 e. The summed E-state index contributed by atoms with van der Waals surface area (Å²) in [5.41, 5.74) is 0.551. The van der Waals surface area contributed by atoms with Crippen molar-refractivity contribution in [2.45, 2.75) is 26.4 Å². The summed E-state index contributed by atoms with van der Waals surface area (Å²) in [6, 6.07) is 0. The molecule has 0 bridgehead atoms. The zero-order valence-corrected chi connectivity index (χ0v) is 13.4. The summed E-state index contributed by atoms with van der Waals surface area (Å²) in [6.45, 7) is 3.87. The van der Waals surface area contributed by atoms with Gasteiger partial charge in [-0.05, 0) is 29.3 Å². The molecule has 0 fully saturated rings. The molecule has 0 saturated heterocycles. The molecule has 0 aliphatic carbocycles. The van der Waals surface area contributed by atoms with Gasteiger partial charge in [0.15, 0.2) is 0 Å². The molecule has 0 spiro atoms. The fourth-order valence-corrected chi connectivity index (χ4v) is 2.45. The van der Waals surface area contributed by atoms with E-state index < -0.39 is 0 Å². The average Bonchev–Trinajstić information content (AvgIpc) is 3.00. The molecular formula is C12H15BrClN5O. The summed E-state index contributed by atoms with van der Waals surface area (Å²) >= 11 is 9.11. The van der Waals surface area contributed by atoms with Crippen LogP contribution in [0.15, 0.2) is 23.1 Å². The summed E-state index contributed by atoms with van der Waals surface area (Å²) in [6.07, 6.45) is 5.76. The van der Waals surface area contributed by atoms with E-state index in [0.717, 1.165) is 6.42 Å². The molecule has 0 atom stereocenters. The number of aryl methyl sites for hydroxylation is 2. The Kier molecular flexibility index (Phi) is 5.19. The molecule has 0 aliphatic heterocycles. The lowest BCUT2D eigenvalue weighted by atomic mass is 10.3. The van der Waals surface area contributed by atoms with Gasteiger partial charge in [-0.15, -0.1) is 0 Å². The molecule has 0 aliphatic rings. The van der Waals surface area contributed by atoms with Crippen LogP contribution in [0, 0.1) is 0 Å². The van der Waals surface area contributed by atoms with Crippen molar-refractivity contribution in [3.8, 4) is 0 Å². The van der Waals surface area contributed by atoms with Crippen LogP contribution in [0.2, 0.25) is 5.02 Å². The quantitative estimate of drug-likeness (QED) is 0.804. The number of rotatable bonds is 6. The summed E-state index contributed by atoms with van der Waals surface area (Å²) in [5, 5.41) is 11.7. The Hall–Kier alpha value is -1.34. The normalized spacial score (nSPS) is 10.8. The number of hydrogen-bond acceptors (Lipinski definition) is 3. The number of halogens is 2. The monoisotopic (exact) mass is 359 g/mol. The largest absolute Gasteiger partial charge is 0.351 e. The van der Waals surface area contributed by atoms with Crippen LogP contribution in [0.1, 0.15) is 23.8 Å². The molecule has 6 nitrogen and oxygen atoms in total. The van der Waals surface area contributed by atoms with Crippen LogP contribution in [0.5, 0.6) is 0 Å². The van der Waals surface area contributed by atoms with Gasteiger partial charge in [0, 0.05) is 25.8 Å². The molecule has 0 saturated carbocycles.